The van der Waals surface area contributed by atoms with Crippen LogP contribution in [0.4, 0.5) is 0 Å². The second-order valence-corrected chi connectivity index (χ2v) is 3.44. The van der Waals surface area contributed by atoms with Crippen LogP contribution in [0.25, 0.3) is 0 Å². The molecule has 0 aliphatic heterocycles. The summed E-state index contributed by atoms with van der Waals surface area (Å²) in [5, 5.41) is 11.2. The molecule has 6 nitrogen and oxygen atoms in total. The van der Waals surface area contributed by atoms with Gasteiger partial charge in [-0.15, -0.1) is 0 Å². The van der Waals surface area contributed by atoms with Crippen molar-refractivity contribution in [3.05, 3.63) is 0 Å². The van der Waals surface area contributed by atoms with E-state index < -0.39 is 10.1 Å². The molecule has 0 saturated heterocycles. The third kappa shape index (κ3) is 52.7. The number of nitrogens with one attached hydrogen (secondary N) is 1. The summed E-state index contributed by atoms with van der Waals surface area (Å²) in [7, 11) is -3.92. The molecule has 0 unspecified atom stereocenters. The molecule has 5 N–H and O–H groups in total. The summed E-state index contributed by atoms with van der Waals surface area (Å²) < 4.78 is 27.2. The molecular weight excluding hydrogens is 184 g/mol. The van der Waals surface area contributed by atoms with Gasteiger partial charge in [0.2, 0.25) is 0 Å². The molecule has 0 fully saturated rings. The number of quaternary nitrogens is 1. The summed E-state index contributed by atoms with van der Waals surface area (Å²) in [6.07, 6.45) is 0.604. The highest BCUT2D eigenvalue weighted by Gasteiger charge is 1.79. The molecule has 0 atom stereocenters. The van der Waals surface area contributed by atoms with Crippen molar-refractivity contribution in [2.75, 3.05) is 32.5 Å². The van der Waals surface area contributed by atoms with Gasteiger partial charge < -0.3 is 20.7 Å². The Labute approximate surface area is 72.5 Å². The molecule has 0 aromatic heterocycles. The molecule has 0 amide bonds. The first-order chi connectivity index (χ1) is 5.41. The van der Waals surface area contributed by atoms with Gasteiger partial charge in [0.1, 0.15) is 0 Å². The van der Waals surface area contributed by atoms with E-state index in [2.05, 4.69) is 11.1 Å². The van der Waals surface area contributed by atoms with E-state index in [0.717, 1.165) is 13.1 Å². The van der Waals surface area contributed by atoms with Crippen molar-refractivity contribution < 1.29 is 23.8 Å². The largest absolute Gasteiger partial charge is 0.748 e. The average molecular weight is 200 g/mol. The molecule has 0 aliphatic carbocycles. The minimum Gasteiger partial charge on any atom is -0.748 e. The fourth-order valence-electron chi connectivity index (χ4n) is 0.329. The summed E-state index contributed by atoms with van der Waals surface area (Å²) in [4.78, 5) is 0. The molecule has 0 aromatic rings. The molecule has 0 aromatic carbocycles. The topological polar surface area (TPSA) is 117 Å². The van der Waals surface area contributed by atoms with Crippen molar-refractivity contribution in [2.45, 2.75) is 0 Å². The average Bonchev–Trinajstić information content (AvgIpc) is 1.85. The summed E-state index contributed by atoms with van der Waals surface area (Å²) >= 11 is 0. The maximum absolute atomic E-state index is 9.08. The van der Waals surface area contributed by atoms with Gasteiger partial charge in [-0.05, 0) is 0 Å². The summed E-state index contributed by atoms with van der Waals surface area (Å²) in [6, 6.07) is 0. The van der Waals surface area contributed by atoms with Crippen LogP contribution in [-0.4, -0.2) is 50.6 Å². The lowest BCUT2D eigenvalue weighted by molar-refractivity contribution is -0.365. The second kappa shape index (κ2) is 8.88. The van der Waals surface area contributed by atoms with Crippen LogP contribution in [0, 0.1) is 0 Å². The van der Waals surface area contributed by atoms with Gasteiger partial charge >= 0.3 is 0 Å². The van der Waals surface area contributed by atoms with Gasteiger partial charge in [0.25, 0.3) is 0 Å². The normalized spacial score (nSPS) is 10.3. The van der Waals surface area contributed by atoms with E-state index in [1.807, 2.05) is 0 Å². The van der Waals surface area contributed by atoms with Crippen molar-refractivity contribution in [3.63, 3.8) is 0 Å². The van der Waals surface area contributed by atoms with E-state index in [1.54, 1.807) is 0 Å². The Bertz CT molecular complexity index is 156. The zero-order valence-electron chi connectivity index (χ0n) is 7.12. The van der Waals surface area contributed by atoms with Gasteiger partial charge in [-0.2, -0.15) is 0 Å². The molecule has 0 bridgehead atoms. The van der Waals surface area contributed by atoms with Gasteiger partial charge in [-0.3, -0.25) is 0 Å². The third-order valence-electron chi connectivity index (χ3n) is 0.642. The first kappa shape index (κ1) is 14.3. The van der Waals surface area contributed by atoms with Gasteiger partial charge in [0.05, 0.1) is 23.3 Å². The van der Waals surface area contributed by atoms with Gasteiger partial charge in [0.15, 0.2) is 0 Å². The smallest absolute Gasteiger partial charge is 0.0916 e. The van der Waals surface area contributed by atoms with Crippen LogP contribution in [0.1, 0.15) is 0 Å². The maximum Gasteiger partial charge on any atom is 0.0916 e. The quantitative estimate of drug-likeness (QED) is 0.329. The zero-order valence-corrected chi connectivity index (χ0v) is 7.93. The highest BCUT2D eigenvalue weighted by atomic mass is 32.2. The number of rotatable bonds is 4. The van der Waals surface area contributed by atoms with Crippen molar-refractivity contribution in [3.8, 4) is 0 Å². The first-order valence-electron chi connectivity index (χ1n) is 3.43. The predicted molar refractivity (Wildman–Crippen MR) is 43.3 cm³/mol. The van der Waals surface area contributed by atoms with E-state index in [0.29, 0.717) is 12.8 Å². The molecule has 7 heteroatoms. The Morgan fingerprint density at radius 2 is 1.92 bits per heavy atom. The van der Waals surface area contributed by atoms with Crippen molar-refractivity contribution in [1.82, 2.24) is 5.32 Å². The zero-order chi connectivity index (χ0) is 10.0. The van der Waals surface area contributed by atoms with Crippen molar-refractivity contribution in [1.29, 1.82) is 0 Å². The summed E-state index contributed by atoms with van der Waals surface area (Å²) in [6.45, 7) is 2.70. The molecule has 0 aliphatic rings. The third-order valence-corrected chi connectivity index (χ3v) is 0.642. The van der Waals surface area contributed by atoms with E-state index in [9.17, 15) is 0 Å². The Balaban J connectivity index is 0. The van der Waals surface area contributed by atoms with Crippen LogP contribution in [-0.2, 0) is 10.1 Å². The number of hydrogen-bond donors (Lipinski definition) is 3. The van der Waals surface area contributed by atoms with E-state index in [4.69, 9.17) is 18.1 Å². The fraction of sp³-hybridized carbons (Fsp3) is 1.00. The summed E-state index contributed by atoms with van der Waals surface area (Å²) in [5.74, 6) is 0. The van der Waals surface area contributed by atoms with Crippen LogP contribution in [0.15, 0.2) is 0 Å². The lowest BCUT2D eigenvalue weighted by Crippen LogP contribution is -2.54. The number of aliphatic hydroxyl groups is 1. The van der Waals surface area contributed by atoms with E-state index in [1.165, 1.54) is 0 Å². The molecule has 12 heavy (non-hydrogen) atoms. The highest BCUT2D eigenvalue weighted by molar-refractivity contribution is 7.84. The Kier molecular flexibility index (Phi) is 10.6. The van der Waals surface area contributed by atoms with Gasteiger partial charge in [0, 0.05) is 19.3 Å². The molecule has 0 heterocycles. The van der Waals surface area contributed by atoms with Gasteiger partial charge in [-0.25, -0.2) is 8.42 Å². The standard InChI is InChI=1S/C4H12N2O.CH4O3S/c5-1-2-6-3-4-7;1-5(2,3)4/h6-7H,1-5H2;1H3,(H,2,3,4). The molecule has 76 valence electrons. The second-order valence-electron chi connectivity index (χ2n) is 2.03. The van der Waals surface area contributed by atoms with Crippen LogP contribution < -0.4 is 11.1 Å². The SMILES string of the molecule is CS(=O)(=O)[O-].[NH3+]CCNCCO. The fourth-order valence-corrected chi connectivity index (χ4v) is 0.329. The monoisotopic (exact) mass is 200 g/mol. The van der Waals surface area contributed by atoms with Crippen molar-refractivity contribution >= 4 is 10.1 Å². The first-order valence-corrected chi connectivity index (χ1v) is 5.25. The molecular formula is C5H16N2O4S. The summed E-state index contributed by atoms with van der Waals surface area (Å²) in [5.41, 5.74) is 3.61. The van der Waals surface area contributed by atoms with Crippen LogP contribution >= 0.6 is 0 Å². The Morgan fingerprint density at radius 1 is 1.50 bits per heavy atom. The highest BCUT2D eigenvalue weighted by Crippen LogP contribution is 1.59. The van der Waals surface area contributed by atoms with Crippen molar-refractivity contribution in [2.24, 2.45) is 0 Å². The minimum atomic E-state index is -3.92. The Morgan fingerprint density at radius 3 is 2.17 bits per heavy atom. The molecule has 0 rings (SSSR count). The Hall–Kier alpha value is -0.210. The maximum atomic E-state index is 9.08. The lowest BCUT2D eigenvalue weighted by Gasteiger charge is -1.93. The van der Waals surface area contributed by atoms with Crippen LogP contribution in [0.2, 0.25) is 0 Å². The minimum absolute atomic E-state index is 0.222. The van der Waals surface area contributed by atoms with E-state index in [-0.39, 0.29) is 6.61 Å². The van der Waals surface area contributed by atoms with Gasteiger partial charge in [-0.1, -0.05) is 0 Å². The molecule has 0 saturated carbocycles. The van der Waals surface area contributed by atoms with Crippen LogP contribution in [0.3, 0.4) is 0 Å². The van der Waals surface area contributed by atoms with E-state index >= 15 is 0 Å². The predicted octanol–water partition coefficient (Wildman–Crippen LogP) is -3.03. The molecule has 0 spiro atoms. The number of hydrogen-bond acceptors (Lipinski definition) is 5. The van der Waals surface area contributed by atoms with Crippen LogP contribution in [0.5, 0.6) is 0 Å². The number of aliphatic hydroxyl groups excluding tert-OH is 1. The lowest BCUT2D eigenvalue weighted by atomic mass is 10.6. The molecule has 0 radical (unpaired) electrons.